The lowest BCUT2D eigenvalue weighted by molar-refractivity contribution is -0.136. The number of primary amides is 2. The van der Waals surface area contributed by atoms with Gasteiger partial charge in [-0.25, -0.2) is 10.2 Å². The summed E-state index contributed by atoms with van der Waals surface area (Å²) in [7, 11) is 1.56. The van der Waals surface area contributed by atoms with Crippen molar-refractivity contribution < 1.29 is 48.3 Å². The van der Waals surface area contributed by atoms with E-state index >= 15 is 0 Å². The number of hydrogen-bond acceptors (Lipinski definition) is 11. The Labute approximate surface area is 443 Å². The number of rotatable bonds is 33. The number of para-hydroxylation sites is 1. The van der Waals surface area contributed by atoms with Crippen LogP contribution in [-0.4, -0.2) is 125 Å². The first-order valence-corrected chi connectivity index (χ1v) is 25.9. The quantitative estimate of drug-likeness (QED) is 0.0172. The third-order valence-electron chi connectivity index (χ3n) is 12.3. The summed E-state index contributed by atoms with van der Waals surface area (Å²) >= 11 is 0. The Balaban J connectivity index is 1.74. The van der Waals surface area contributed by atoms with Crippen LogP contribution in [0.2, 0.25) is 0 Å². The van der Waals surface area contributed by atoms with E-state index in [2.05, 4.69) is 65.3 Å². The van der Waals surface area contributed by atoms with E-state index in [0.29, 0.717) is 12.0 Å². The smallest absolute Gasteiger partial charge is 0.334 e. The van der Waals surface area contributed by atoms with Crippen LogP contribution < -0.4 is 64.9 Å². The van der Waals surface area contributed by atoms with E-state index in [1.54, 1.807) is 57.4 Å². The molecule has 0 bridgehead atoms. The number of hydrogen-bond donors (Lipinski definition) is 15. The molecule has 0 aliphatic carbocycles. The molecule has 0 fully saturated rings. The molecule has 3 aromatic rings. The molecule has 10 amide bonds. The number of nitrogens with one attached hydrogen (secondary N) is 12. The molecule has 0 radical (unpaired) electrons. The molecule has 1 aromatic heterocycles. The number of amides is 10. The molecule has 24 nitrogen and oxygen atoms in total. The minimum atomic E-state index is -1.70. The van der Waals surface area contributed by atoms with Crippen LogP contribution in [0.25, 0.3) is 10.9 Å². The van der Waals surface area contributed by atoms with Crippen LogP contribution in [0, 0.1) is 11.3 Å². The van der Waals surface area contributed by atoms with Crippen LogP contribution in [0.15, 0.2) is 60.8 Å². The molecule has 0 spiro atoms. The Morgan fingerprint density at radius 2 is 1.26 bits per heavy atom. The Bertz CT molecular complexity index is 2400. The van der Waals surface area contributed by atoms with Gasteiger partial charge in [-0.3, -0.25) is 49.2 Å². The third-order valence-corrected chi connectivity index (χ3v) is 12.3. The van der Waals surface area contributed by atoms with Crippen molar-refractivity contribution in [3.05, 3.63) is 71.9 Å². The van der Waals surface area contributed by atoms with Gasteiger partial charge in [-0.1, -0.05) is 108 Å². The summed E-state index contributed by atoms with van der Waals surface area (Å²) in [5, 5.41) is 40.1. The molecule has 3 rings (SSSR count). The van der Waals surface area contributed by atoms with E-state index in [1.165, 1.54) is 6.92 Å². The van der Waals surface area contributed by atoms with Gasteiger partial charge in [0, 0.05) is 50.0 Å². The van der Waals surface area contributed by atoms with E-state index in [9.17, 15) is 48.3 Å². The van der Waals surface area contributed by atoms with E-state index in [1.807, 2.05) is 24.3 Å². The summed E-state index contributed by atoms with van der Waals surface area (Å²) in [5.74, 6) is -6.85. The van der Waals surface area contributed by atoms with Crippen molar-refractivity contribution in [2.45, 2.75) is 160 Å². The number of aliphatic hydroxyl groups is 1. The van der Waals surface area contributed by atoms with E-state index in [0.717, 1.165) is 55.0 Å². The number of aliphatic hydroxyl groups excluding tert-OH is 1. The van der Waals surface area contributed by atoms with Gasteiger partial charge in [-0.2, -0.15) is 0 Å². The number of H-pyrrole nitrogens is 1. The second-order valence-electron chi connectivity index (χ2n) is 19.2. The third kappa shape index (κ3) is 22.8. The number of unbranched alkanes of at least 4 members (excludes halogenated alkanes) is 6. The molecule has 24 heteroatoms. The zero-order valence-corrected chi connectivity index (χ0v) is 44.3. The molecule has 17 N–H and O–H groups in total. The molecule has 2 aromatic carbocycles. The first-order chi connectivity index (χ1) is 36.2. The molecule has 1 heterocycles. The fraction of sp³-hybridized carbons (Fsp3) is 0.538. The number of carbonyl (C=O) groups is 9. The predicted molar refractivity (Wildman–Crippen MR) is 286 cm³/mol. The fourth-order valence-corrected chi connectivity index (χ4v) is 8.17. The average Bonchev–Trinajstić information content (AvgIpc) is 3.78. The number of aromatic nitrogens is 1. The SMILES string of the molecule is CCCCCCCCCC(=O)N[C@@H](CC(N)=O)C(=O)N[C@H](C(=O)N[C@@H](Cc1ccccc1)C(=O)NNC(=O)N[C@@H](CC(C)C)C(=O)N[C@@H](CCCNC(=N)NC)C(=O)N[C@@H](Cc1c[nH]c2ccccc12)C(N)=O)[C@@H](C)O. The summed E-state index contributed by atoms with van der Waals surface area (Å²) in [6.45, 7) is 7.15. The molecule has 0 aliphatic rings. The van der Waals surface area contributed by atoms with Gasteiger partial charge < -0.3 is 64.1 Å². The summed E-state index contributed by atoms with van der Waals surface area (Å²) in [6, 6.07) is 6.50. The van der Waals surface area contributed by atoms with Gasteiger partial charge in [0.05, 0.1) is 12.5 Å². The Hall–Kier alpha value is -7.76. The number of guanidine groups is 1. The number of benzene rings is 2. The van der Waals surface area contributed by atoms with Crippen LogP contribution in [0.3, 0.4) is 0 Å². The number of hydrazine groups is 1. The topological polar surface area (TPSA) is 386 Å². The lowest BCUT2D eigenvalue weighted by Crippen LogP contribution is -2.62. The van der Waals surface area contributed by atoms with Crippen molar-refractivity contribution in [2.24, 2.45) is 17.4 Å². The van der Waals surface area contributed by atoms with Crippen molar-refractivity contribution >= 4 is 70.2 Å². The minimum Gasteiger partial charge on any atom is -0.391 e. The fourth-order valence-electron chi connectivity index (χ4n) is 8.17. The number of nitrogens with two attached hydrogens (primary N) is 2. The first kappa shape index (κ1) is 62.5. The van der Waals surface area contributed by atoms with Crippen molar-refractivity contribution in [3.63, 3.8) is 0 Å². The normalized spacial score (nSPS) is 13.8. The monoisotopic (exact) mass is 1060 g/mol. The van der Waals surface area contributed by atoms with Gasteiger partial charge in [-0.05, 0) is 55.7 Å². The number of fused-ring (bicyclic) bond motifs is 1. The first-order valence-electron chi connectivity index (χ1n) is 25.9. The van der Waals surface area contributed by atoms with E-state index in [4.69, 9.17) is 16.9 Å². The van der Waals surface area contributed by atoms with Gasteiger partial charge in [0.1, 0.15) is 36.3 Å². The van der Waals surface area contributed by atoms with Crippen LogP contribution in [0.5, 0.6) is 0 Å². The molecule has 418 valence electrons. The highest BCUT2D eigenvalue weighted by Gasteiger charge is 2.34. The van der Waals surface area contributed by atoms with Crippen LogP contribution in [-0.2, 0) is 51.2 Å². The van der Waals surface area contributed by atoms with Gasteiger partial charge >= 0.3 is 6.03 Å². The molecular formula is C52H80N14O10. The Morgan fingerprint density at radius 3 is 1.91 bits per heavy atom. The number of carbonyl (C=O) groups excluding carboxylic acids is 9. The second kappa shape index (κ2) is 33.2. The van der Waals surface area contributed by atoms with Crippen LogP contribution >= 0.6 is 0 Å². The van der Waals surface area contributed by atoms with Crippen molar-refractivity contribution in [3.8, 4) is 0 Å². The molecule has 0 saturated heterocycles. The maximum atomic E-state index is 14.0. The molecule has 0 unspecified atom stereocenters. The van der Waals surface area contributed by atoms with Gasteiger partial charge in [0.25, 0.3) is 5.91 Å². The van der Waals surface area contributed by atoms with Gasteiger partial charge in [0.15, 0.2) is 5.96 Å². The largest absolute Gasteiger partial charge is 0.391 e. The number of urea groups is 1. The minimum absolute atomic E-state index is 0.0296. The summed E-state index contributed by atoms with van der Waals surface area (Å²) in [6.07, 6.45) is 6.60. The summed E-state index contributed by atoms with van der Waals surface area (Å²) < 4.78 is 0. The Kier molecular flexibility index (Phi) is 27.3. The van der Waals surface area contributed by atoms with Crippen LogP contribution in [0.4, 0.5) is 4.79 Å². The maximum absolute atomic E-state index is 14.0. The van der Waals surface area contributed by atoms with Gasteiger partial charge in [0.2, 0.25) is 41.4 Å². The van der Waals surface area contributed by atoms with Crippen molar-refractivity contribution in [1.82, 2.24) is 58.4 Å². The molecule has 76 heavy (non-hydrogen) atoms. The zero-order valence-electron chi connectivity index (χ0n) is 44.3. The van der Waals surface area contributed by atoms with Crippen molar-refractivity contribution in [2.75, 3.05) is 13.6 Å². The van der Waals surface area contributed by atoms with E-state index in [-0.39, 0.29) is 56.9 Å². The van der Waals surface area contributed by atoms with Crippen LogP contribution in [0.1, 0.15) is 116 Å². The van der Waals surface area contributed by atoms with Gasteiger partial charge in [-0.15, -0.1) is 0 Å². The lowest BCUT2D eigenvalue weighted by Gasteiger charge is -2.27. The Morgan fingerprint density at radius 1 is 0.645 bits per heavy atom. The molecule has 0 saturated carbocycles. The highest BCUT2D eigenvalue weighted by Crippen LogP contribution is 2.19. The van der Waals surface area contributed by atoms with Crippen molar-refractivity contribution in [1.29, 1.82) is 5.41 Å². The lowest BCUT2D eigenvalue weighted by atomic mass is 10.0. The highest BCUT2D eigenvalue weighted by molar-refractivity contribution is 5.97. The molecular weight excluding hydrogens is 981 g/mol. The standard InChI is InChI=1S/C52H80N14O10/c1-6-7-8-9-10-11-15-24-43(69)59-41(29-42(53)68)48(73)64-44(32(4)67)50(75)62-40(27-33-19-13-12-14-20-33)49(74)65-66-52(76)63-39(26-31(2)3)47(72)60-37(23-18-25-57-51(55)56-5)46(71)61-38(45(54)70)28-34-30-58-36-22-17-16-21-35(34)36/h12-14,16-17,19-22,30-32,37-41,44,58,67H,6-11,15,18,23-29H2,1-5H3,(H2,53,68)(H2,54,70)(H,59,69)(H,60,72)(H,61,71)(H,62,75)(H,64,73)(H,65,74)(H3,55,56,57)(H2,63,66,76)/t32-,37+,38+,39+,40+,41+,44+/m1/s1. The van der Waals surface area contributed by atoms with E-state index < -0.39 is 102 Å². The second-order valence-corrected chi connectivity index (χ2v) is 19.2. The predicted octanol–water partition coefficient (Wildman–Crippen LogP) is 0.528. The number of aromatic amines is 1. The summed E-state index contributed by atoms with van der Waals surface area (Å²) in [5.41, 5.74) is 17.7. The highest BCUT2D eigenvalue weighted by atomic mass is 16.3. The maximum Gasteiger partial charge on any atom is 0.334 e. The average molecular weight is 1060 g/mol. The molecule has 7 atom stereocenters. The molecule has 0 aliphatic heterocycles. The zero-order chi connectivity index (χ0) is 56.2. The summed E-state index contributed by atoms with van der Waals surface area (Å²) in [4.78, 5) is 123.